The van der Waals surface area contributed by atoms with E-state index in [9.17, 15) is 4.79 Å². The van der Waals surface area contributed by atoms with Crippen molar-refractivity contribution in [1.82, 2.24) is 10.2 Å². The van der Waals surface area contributed by atoms with Gasteiger partial charge in [0.05, 0.1) is 0 Å². The molecule has 0 saturated carbocycles. The fraction of sp³-hybridized carbons (Fsp3) is 0.615. The summed E-state index contributed by atoms with van der Waals surface area (Å²) in [6, 6.07) is 3.52. The predicted octanol–water partition coefficient (Wildman–Crippen LogP) is 1.91. The van der Waals surface area contributed by atoms with Crippen LogP contribution in [0.2, 0.25) is 0 Å². The van der Waals surface area contributed by atoms with Gasteiger partial charge in [-0.05, 0) is 18.6 Å². The normalized spacial score (nSPS) is 11.2. The maximum Gasteiger partial charge on any atom is 0.230 e. The van der Waals surface area contributed by atoms with Crippen LogP contribution in [-0.2, 0) is 9.53 Å². The summed E-state index contributed by atoms with van der Waals surface area (Å²) >= 11 is 0. The first-order valence-corrected chi connectivity index (χ1v) is 6.31. The van der Waals surface area contributed by atoms with Crippen molar-refractivity contribution in [3.63, 3.8) is 0 Å². The molecule has 6 heteroatoms. The molecule has 1 aromatic rings. The third-order valence-electron chi connectivity index (χ3n) is 2.42. The van der Waals surface area contributed by atoms with Crippen LogP contribution in [0.25, 0.3) is 0 Å². The first-order chi connectivity index (χ1) is 8.93. The highest BCUT2D eigenvalue weighted by Crippen LogP contribution is 2.16. The minimum atomic E-state index is -0.446. The Balaban J connectivity index is 2.45. The standard InChI is InChI=1S/C13H22N4O2/c1-13(2,3)12(18)15-11-7-6-10(16-17-11)14-8-5-9-19-4/h6-7H,5,8-9H2,1-4H3,(H,14,16)(H,15,17,18). The van der Waals surface area contributed by atoms with Crippen LogP contribution in [0.3, 0.4) is 0 Å². The van der Waals surface area contributed by atoms with Gasteiger partial charge >= 0.3 is 0 Å². The van der Waals surface area contributed by atoms with Crippen LogP contribution in [0.5, 0.6) is 0 Å². The van der Waals surface area contributed by atoms with Gasteiger partial charge in [-0.25, -0.2) is 0 Å². The molecule has 0 spiro atoms. The molecule has 1 rings (SSSR count). The molecule has 0 aliphatic heterocycles. The lowest BCUT2D eigenvalue weighted by molar-refractivity contribution is -0.123. The third kappa shape index (κ3) is 5.65. The molecule has 0 unspecified atom stereocenters. The van der Waals surface area contributed by atoms with Crippen molar-refractivity contribution >= 4 is 17.5 Å². The molecule has 1 aromatic heterocycles. The Hall–Kier alpha value is -1.69. The van der Waals surface area contributed by atoms with Gasteiger partial charge in [0.25, 0.3) is 0 Å². The molecule has 0 aromatic carbocycles. The number of nitrogens with zero attached hydrogens (tertiary/aromatic N) is 2. The van der Waals surface area contributed by atoms with E-state index >= 15 is 0 Å². The monoisotopic (exact) mass is 266 g/mol. The van der Waals surface area contributed by atoms with E-state index in [1.165, 1.54) is 0 Å². The lowest BCUT2D eigenvalue weighted by Crippen LogP contribution is -2.28. The summed E-state index contributed by atoms with van der Waals surface area (Å²) in [7, 11) is 1.67. The average molecular weight is 266 g/mol. The second-order valence-electron chi connectivity index (χ2n) is 5.28. The molecule has 0 atom stereocenters. The Morgan fingerprint density at radius 2 is 1.89 bits per heavy atom. The fourth-order valence-corrected chi connectivity index (χ4v) is 1.23. The highest BCUT2D eigenvalue weighted by atomic mass is 16.5. The van der Waals surface area contributed by atoms with Gasteiger partial charge in [0.1, 0.15) is 5.82 Å². The second kappa shape index (κ2) is 7.04. The Bertz CT molecular complexity index is 398. The number of aromatic nitrogens is 2. The zero-order valence-corrected chi connectivity index (χ0v) is 12.0. The lowest BCUT2D eigenvalue weighted by Gasteiger charge is -2.16. The van der Waals surface area contributed by atoms with E-state index in [-0.39, 0.29) is 5.91 Å². The van der Waals surface area contributed by atoms with Crippen LogP contribution in [-0.4, -0.2) is 36.4 Å². The van der Waals surface area contributed by atoms with E-state index in [2.05, 4.69) is 20.8 Å². The first-order valence-electron chi connectivity index (χ1n) is 6.31. The number of rotatable bonds is 6. The summed E-state index contributed by atoms with van der Waals surface area (Å²) < 4.78 is 4.95. The smallest absolute Gasteiger partial charge is 0.230 e. The molecule has 106 valence electrons. The van der Waals surface area contributed by atoms with Gasteiger partial charge in [-0.3, -0.25) is 4.79 Å². The Labute approximate surface area is 113 Å². The summed E-state index contributed by atoms with van der Waals surface area (Å²) in [5.41, 5.74) is -0.446. The Morgan fingerprint density at radius 3 is 2.42 bits per heavy atom. The van der Waals surface area contributed by atoms with Gasteiger partial charge in [-0.15, -0.1) is 10.2 Å². The number of amides is 1. The molecule has 0 aliphatic rings. The van der Waals surface area contributed by atoms with Crippen molar-refractivity contribution in [3.8, 4) is 0 Å². The van der Waals surface area contributed by atoms with Crippen molar-refractivity contribution in [2.75, 3.05) is 30.9 Å². The fourth-order valence-electron chi connectivity index (χ4n) is 1.23. The van der Waals surface area contributed by atoms with Gasteiger partial charge in [-0.1, -0.05) is 20.8 Å². The molecular weight excluding hydrogens is 244 g/mol. The molecule has 2 N–H and O–H groups in total. The summed E-state index contributed by atoms with van der Waals surface area (Å²) in [5, 5.41) is 13.8. The van der Waals surface area contributed by atoms with E-state index in [4.69, 9.17) is 4.74 Å². The maximum atomic E-state index is 11.8. The maximum absolute atomic E-state index is 11.8. The minimum absolute atomic E-state index is 0.0809. The molecule has 6 nitrogen and oxygen atoms in total. The molecule has 0 fully saturated rings. The van der Waals surface area contributed by atoms with Crippen LogP contribution in [0.15, 0.2) is 12.1 Å². The number of ether oxygens (including phenoxy) is 1. The van der Waals surface area contributed by atoms with Gasteiger partial charge < -0.3 is 15.4 Å². The number of carbonyl (C=O) groups is 1. The number of anilines is 2. The first kappa shape index (κ1) is 15.4. The third-order valence-corrected chi connectivity index (χ3v) is 2.42. The molecule has 19 heavy (non-hydrogen) atoms. The van der Waals surface area contributed by atoms with E-state index in [0.29, 0.717) is 18.2 Å². The molecule has 0 aliphatic carbocycles. The number of methoxy groups -OCH3 is 1. The molecular formula is C13H22N4O2. The van der Waals surface area contributed by atoms with Crippen molar-refractivity contribution in [1.29, 1.82) is 0 Å². The lowest BCUT2D eigenvalue weighted by atomic mass is 9.96. The van der Waals surface area contributed by atoms with Crippen LogP contribution < -0.4 is 10.6 Å². The number of hydrogen-bond acceptors (Lipinski definition) is 5. The van der Waals surface area contributed by atoms with Crippen LogP contribution in [0.1, 0.15) is 27.2 Å². The summed E-state index contributed by atoms with van der Waals surface area (Å²) in [6.45, 7) is 7.03. The average Bonchev–Trinajstić information content (AvgIpc) is 2.35. The molecule has 1 heterocycles. The molecule has 0 saturated heterocycles. The Morgan fingerprint density at radius 1 is 1.26 bits per heavy atom. The summed E-state index contributed by atoms with van der Waals surface area (Å²) in [6.07, 6.45) is 0.903. The van der Waals surface area contributed by atoms with Gasteiger partial charge in [0.2, 0.25) is 5.91 Å². The number of carbonyl (C=O) groups excluding carboxylic acids is 1. The molecule has 0 radical (unpaired) electrons. The minimum Gasteiger partial charge on any atom is -0.385 e. The molecule has 0 bridgehead atoms. The second-order valence-corrected chi connectivity index (χ2v) is 5.28. The van der Waals surface area contributed by atoms with Crippen molar-refractivity contribution in [2.24, 2.45) is 5.41 Å². The Kier molecular flexibility index (Phi) is 5.69. The highest BCUT2D eigenvalue weighted by molar-refractivity contribution is 5.93. The van der Waals surface area contributed by atoms with Gasteiger partial charge in [-0.2, -0.15) is 0 Å². The van der Waals surface area contributed by atoms with E-state index in [0.717, 1.165) is 13.0 Å². The molecule has 1 amide bonds. The quantitative estimate of drug-likeness (QED) is 0.769. The SMILES string of the molecule is COCCCNc1ccc(NC(=O)C(C)(C)C)nn1. The van der Waals surface area contributed by atoms with Crippen LogP contribution in [0, 0.1) is 5.41 Å². The topological polar surface area (TPSA) is 76.1 Å². The summed E-state index contributed by atoms with van der Waals surface area (Å²) in [4.78, 5) is 11.8. The number of nitrogens with one attached hydrogen (secondary N) is 2. The van der Waals surface area contributed by atoms with Crippen LogP contribution >= 0.6 is 0 Å². The highest BCUT2D eigenvalue weighted by Gasteiger charge is 2.21. The van der Waals surface area contributed by atoms with Crippen molar-refractivity contribution < 1.29 is 9.53 Å². The predicted molar refractivity (Wildman–Crippen MR) is 75.1 cm³/mol. The largest absolute Gasteiger partial charge is 0.385 e. The number of hydrogen-bond donors (Lipinski definition) is 2. The van der Waals surface area contributed by atoms with E-state index in [1.807, 2.05) is 20.8 Å². The van der Waals surface area contributed by atoms with E-state index < -0.39 is 5.41 Å². The van der Waals surface area contributed by atoms with Gasteiger partial charge in [0, 0.05) is 25.7 Å². The zero-order valence-electron chi connectivity index (χ0n) is 12.0. The summed E-state index contributed by atoms with van der Waals surface area (Å²) in [5.74, 6) is 1.06. The van der Waals surface area contributed by atoms with Crippen molar-refractivity contribution in [3.05, 3.63) is 12.1 Å². The van der Waals surface area contributed by atoms with Crippen LogP contribution in [0.4, 0.5) is 11.6 Å². The zero-order chi connectivity index (χ0) is 14.3. The van der Waals surface area contributed by atoms with E-state index in [1.54, 1.807) is 19.2 Å². The van der Waals surface area contributed by atoms with Crippen molar-refractivity contribution in [2.45, 2.75) is 27.2 Å². The van der Waals surface area contributed by atoms with Gasteiger partial charge in [0.15, 0.2) is 5.82 Å².